The minimum Gasteiger partial charge on any atom is -0.462 e. The van der Waals surface area contributed by atoms with Crippen LogP contribution in [-0.2, 0) is 4.74 Å². The summed E-state index contributed by atoms with van der Waals surface area (Å²) in [4.78, 5) is 17.7. The van der Waals surface area contributed by atoms with Gasteiger partial charge in [0.05, 0.1) is 35.3 Å². The number of esters is 1. The molecule has 0 saturated carbocycles. The summed E-state index contributed by atoms with van der Waals surface area (Å²) in [5, 5.41) is 5.23. The van der Waals surface area contributed by atoms with E-state index in [1.165, 1.54) is 5.56 Å². The predicted octanol–water partition coefficient (Wildman–Crippen LogP) is 5.83. The van der Waals surface area contributed by atoms with E-state index in [4.69, 9.17) is 9.72 Å². The van der Waals surface area contributed by atoms with Gasteiger partial charge in [-0.25, -0.2) is 9.78 Å². The highest BCUT2D eigenvalue weighted by Gasteiger charge is 2.22. The first-order valence-corrected chi connectivity index (χ1v) is 10.2. The van der Waals surface area contributed by atoms with Crippen molar-refractivity contribution >= 4 is 28.8 Å². The third-order valence-corrected chi connectivity index (χ3v) is 4.89. The second-order valence-electron chi connectivity index (χ2n) is 7.09. The molecule has 4 aromatic rings. The van der Waals surface area contributed by atoms with Gasteiger partial charge in [0.15, 0.2) is 0 Å². The predicted molar refractivity (Wildman–Crippen MR) is 126 cm³/mol. The highest BCUT2D eigenvalue weighted by Crippen LogP contribution is 2.33. The van der Waals surface area contributed by atoms with E-state index in [-0.39, 0.29) is 6.61 Å². The largest absolute Gasteiger partial charge is 0.462 e. The summed E-state index contributed by atoms with van der Waals surface area (Å²) in [7, 11) is 0. The topological polar surface area (TPSA) is 63.6 Å². The van der Waals surface area contributed by atoms with Crippen LogP contribution in [0.2, 0.25) is 0 Å². The highest BCUT2D eigenvalue weighted by atomic mass is 16.5. The molecule has 5 heteroatoms. The molecule has 1 N–H and O–H groups in total. The van der Waals surface area contributed by atoms with Crippen molar-refractivity contribution < 1.29 is 9.53 Å². The van der Waals surface area contributed by atoms with Gasteiger partial charge in [-0.05, 0) is 37.6 Å². The van der Waals surface area contributed by atoms with Crippen LogP contribution in [0.4, 0.5) is 5.69 Å². The smallest absolute Gasteiger partial charge is 0.341 e. The quantitative estimate of drug-likeness (QED) is 0.247. The van der Waals surface area contributed by atoms with Gasteiger partial charge in [-0.3, -0.25) is 5.43 Å². The van der Waals surface area contributed by atoms with E-state index in [1.807, 2.05) is 85.8 Å². The summed E-state index contributed by atoms with van der Waals surface area (Å²) in [6, 6.07) is 25.5. The van der Waals surface area contributed by atoms with Crippen molar-refractivity contribution in [2.24, 2.45) is 5.10 Å². The number of benzene rings is 3. The number of hydrogen-bond acceptors (Lipinski definition) is 5. The molecule has 0 spiro atoms. The number of aryl methyl sites for hydroxylation is 1. The summed E-state index contributed by atoms with van der Waals surface area (Å²) in [6.07, 6.45) is 1.57. The van der Waals surface area contributed by atoms with Crippen LogP contribution in [0.15, 0.2) is 84.0 Å². The molecule has 4 rings (SSSR count). The van der Waals surface area contributed by atoms with Crippen LogP contribution in [0.1, 0.15) is 28.5 Å². The van der Waals surface area contributed by atoms with Gasteiger partial charge in [-0.2, -0.15) is 5.10 Å². The number of ether oxygens (including phenoxy) is 1. The molecule has 154 valence electrons. The molecule has 0 fully saturated rings. The molecule has 0 bridgehead atoms. The molecule has 0 unspecified atom stereocenters. The molecule has 0 atom stereocenters. The van der Waals surface area contributed by atoms with Crippen LogP contribution in [0.5, 0.6) is 0 Å². The monoisotopic (exact) mass is 409 g/mol. The second-order valence-corrected chi connectivity index (χ2v) is 7.09. The fraction of sp³-hybridized carbons (Fsp3) is 0.115. The molecule has 0 aliphatic rings. The van der Waals surface area contributed by atoms with Crippen molar-refractivity contribution in [2.75, 3.05) is 12.0 Å². The van der Waals surface area contributed by atoms with Crippen molar-refractivity contribution in [1.82, 2.24) is 4.98 Å². The third kappa shape index (κ3) is 4.46. The average Bonchev–Trinajstić information content (AvgIpc) is 2.80. The number of para-hydroxylation sites is 1. The van der Waals surface area contributed by atoms with E-state index in [1.54, 1.807) is 13.1 Å². The maximum atomic E-state index is 13.0. The van der Waals surface area contributed by atoms with Gasteiger partial charge in [-0.1, -0.05) is 66.2 Å². The number of carbonyl (C=O) groups is 1. The molecule has 0 aliphatic carbocycles. The van der Waals surface area contributed by atoms with Crippen LogP contribution in [0.3, 0.4) is 0 Å². The number of nitrogens with zero attached hydrogens (tertiary/aromatic N) is 2. The number of hydrogen-bond donors (Lipinski definition) is 1. The highest BCUT2D eigenvalue weighted by molar-refractivity contribution is 6.11. The fourth-order valence-electron chi connectivity index (χ4n) is 3.43. The molecule has 0 saturated heterocycles. The van der Waals surface area contributed by atoms with Crippen molar-refractivity contribution in [1.29, 1.82) is 0 Å². The maximum Gasteiger partial charge on any atom is 0.341 e. The Morgan fingerprint density at radius 2 is 1.71 bits per heavy atom. The van der Waals surface area contributed by atoms with E-state index in [9.17, 15) is 4.79 Å². The van der Waals surface area contributed by atoms with E-state index >= 15 is 0 Å². The van der Waals surface area contributed by atoms with Crippen molar-refractivity contribution in [3.05, 3.63) is 95.7 Å². The zero-order chi connectivity index (χ0) is 21.6. The van der Waals surface area contributed by atoms with E-state index < -0.39 is 5.97 Å². The van der Waals surface area contributed by atoms with Gasteiger partial charge in [0, 0.05) is 10.9 Å². The maximum absolute atomic E-state index is 13.0. The Hall–Kier alpha value is -3.99. The van der Waals surface area contributed by atoms with Gasteiger partial charge in [0.25, 0.3) is 0 Å². The minimum absolute atomic E-state index is 0.276. The van der Waals surface area contributed by atoms with Gasteiger partial charge < -0.3 is 4.74 Å². The van der Waals surface area contributed by atoms with Gasteiger partial charge in [0.2, 0.25) is 0 Å². The Bertz CT molecular complexity index is 1230. The number of rotatable bonds is 6. The van der Waals surface area contributed by atoms with E-state index in [2.05, 4.69) is 10.5 Å². The molecule has 0 radical (unpaired) electrons. The molecular weight excluding hydrogens is 386 g/mol. The van der Waals surface area contributed by atoms with E-state index in [0.717, 1.165) is 27.7 Å². The van der Waals surface area contributed by atoms with Crippen LogP contribution in [0, 0.1) is 6.92 Å². The third-order valence-electron chi connectivity index (χ3n) is 4.89. The van der Waals surface area contributed by atoms with Crippen molar-refractivity contribution in [2.45, 2.75) is 13.8 Å². The molecule has 1 heterocycles. The molecule has 0 aliphatic heterocycles. The van der Waals surface area contributed by atoms with Gasteiger partial charge in [-0.15, -0.1) is 0 Å². The Kier molecular flexibility index (Phi) is 6.03. The number of pyridine rings is 1. The number of aromatic nitrogens is 1. The van der Waals surface area contributed by atoms with E-state index in [0.29, 0.717) is 11.3 Å². The molecule has 0 amide bonds. The summed E-state index contributed by atoms with van der Waals surface area (Å²) in [5.41, 5.74) is 8.38. The minimum atomic E-state index is -0.420. The SMILES string of the molecule is CCOC(=O)c1c(/C=N\Nc2ccc(C)cc2)nc2ccccc2c1-c1ccccc1. The Balaban J connectivity index is 1.87. The van der Waals surface area contributed by atoms with Crippen molar-refractivity contribution in [3.63, 3.8) is 0 Å². The van der Waals surface area contributed by atoms with Gasteiger partial charge in [0.1, 0.15) is 0 Å². The summed E-state index contributed by atoms with van der Waals surface area (Å²) in [5.74, 6) is -0.420. The van der Waals surface area contributed by atoms with Crippen LogP contribution in [-0.4, -0.2) is 23.8 Å². The normalized spacial score (nSPS) is 11.0. The first kappa shape index (κ1) is 20.3. The number of fused-ring (bicyclic) bond motifs is 1. The summed E-state index contributed by atoms with van der Waals surface area (Å²) < 4.78 is 5.40. The lowest BCUT2D eigenvalue weighted by atomic mass is 9.94. The summed E-state index contributed by atoms with van der Waals surface area (Å²) >= 11 is 0. The molecule has 1 aromatic heterocycles. The number of anilines is 1. The first-order chi connectivity index (χ1) is 15.2. The zero-order valence-corrected chi connectivity index (χ0v) is 17.5. The Labute approximate surface area is 181 Å². The molecule has 31 heavy (non-hydrogen) atoms. The summed E-state index contributed by atoms with van der Waals surface area (Å²) in [6.45, 7) is 4.10. The Morgan fingerprint density at radius 3 is 2.45 bits per heavy atom. The number of hydrazone groups is 1. The van der Waals surface area contributed by atoms with Crippen LogP contribution in [0.25, 0.3) is 22.0 Å². The first-order valence-electron chi connectivity index (χ1n) is 10.2. The lowest BCUT2D eigenvalue weighted by Crippen LogP contribution is -2.12. The van der Waals surface area contributed by atoms with Crippen molar-refractivity contribution in [3.8, 4) is 11.1 Å². The Morgan fingerprint density at radius 1 is 1.00 bits per heavy atom. The number of carbonyl (C=O) groups excluding carboxylic acids is 1. The molecule has 5 nitrogen and oxygen atoms in total. The number of nitrogens with one attached hydrogen (secondary N) is 1. The van der Waals surface area contributed by atoms with Gasteiger partial charge >= 0.3 is 5.97 Å². The molecular formula is C26H23N3O2. The molecule has 3 aromatic carbocycles. The lowest BCUT2D eigenvalue weighted by molar-refractivity contribution is 0.0527. The zero-order valence-electron chi connectivity index (χ0n) is 17.5. The average molecular weight is 409 g/mol. The fourth-order valence-corrected chi connectivity index (χ4v) is 3.43. The van der Waals surface area contributed by atoms with Crippen LogP contribution < -0.4 is 5.43 Å². The lowest BCUT2D eigenvalue weighted by Gasteiger charge is -2.15. The van der Waals surface area contributed by atoms with Crippen LogP contribution >= 0.6 is 0 Å². The second kappa shape index (κ2) is 9.22. The standard InChI is InChI=1S/C26H23N3O2/c1-3-31-26(30)25-23(17-27-29-20-15-13-18(2)14-16-20)28-22-12-8-7-11-21(22)24(25)19-9-5-4-6-10-19/h4-17,29H,3H2,1-2H3/b27-17-.